The lowest BCUT2D eigenvalue weighted by Crippen LogP contribution is -2.16. The largest absolute Gasteiger partial charge is 0.293 e. The van der Waals surface area contributed by atoms with Crippen molar-refractivity contribution in [3.63, 3.8) is 0 Å². The van der Waals surface area contributed by atoms with Crippen LogP contribution in [0.3, 0.4) is 0 Å². The van der Waals surface area contributed by atoms with Gasteiger partial charge in [-0.1, -0.05) is 6.92 Å². The maximum Gasteiger partial charge on any atom is 0.173 e. The summed E-state index contributed by atoms with van der Waals surface area (Å²) in [6, 6.07) is 3.94. The third-order valence-corrected chi connectivity index (χ3v) is 3.58. The first-order valence-corrected chi connectivity index (χ1v) is 6.33. The first-order chi connectivity index (χ1) is 6.59. The second kappa shape index (κ2) is 3.88. The van der Waals surface area contributed by atoms with Crippen LogP contribution in [0.2, 0.25) is 0 Å². The minimum atomic E-state index is -0.0866. The Bertz CT molecular complexity index is 440. The number of rotatable bonds is 0. The Morgan fingerprint density at radius 3 is 2.79 bits per heavy atom. The molecule has 0 fully saturated rings. The van der Waals surface area contributed by atoms with Crippen molar-refractivity contribution >= 4 is 62.9 Å². The molecular weight excluding hydrogens is 404 g/mol. The Labute approximate surface area is 109 Å². The Morgan fingerprint density at radius 2 is 2.07 bits per heavy atom. The summed E-state index contributed by atoms with van der Waals surface area (Å²) in [5, 5.41) is 0. The van der Waals surface area contributed by atoms with E-state index in [1.165, 1.54) is 0 Å². The number of fused-ring (bicyclic) bond motifs is 1. The van der Waals surface area contributed by atoms with Crippen molar-refractivity contribution in [3.8, 4) is 0 Å². The zero-order valence-electron chi connectivity index (χ0n) is 7.42. The van der Waals surface area contributed by atoms with Crippen molar-refractivity contribution < 1.29 is 4.79 Å². The molecule has 1 aromatic rings. The third-order valence-electron chi connectivity index (χ3n) is 2.13. The van der Waals surface area contributed by atoms with Gasteiger partial charge < -0.3 is 0 Å². The fourth-order valence-electron chi connectivity index (χ4n) is 1.38. The van der Waals surface area contributed by atoms with Gasteiger partial charge in [0.25, 0.3) is 0 Å². The van der Waals surface area contributed by atoms with E-state index in [2.05, 4.69) is 50.2 Å². The molecule has 72 valence electrons. The van der Waals surface area contributed by atoms with E-state index in [0.717, 1.165) is 18.4 Å². The molecule has 0 saturated heterocycles. The van der Waals surface area contributed by atoms with Crippen LogP contribution < -0.4 is 0 Å². The molecule has 1 aliphatic heterocycles. The second-order valence-corrected chi connectivity index (χ2v) is 5.62. The number of benzene rings is 1. The average Bonchev–Trinajstić information content (AvgIpc) is 2.12. The van der Waals surface area contributed by atoms with E-state index >= 15 is 0 Å². The highest BCUT2D eigenvalue weighted by atomic mass is 127. The van der Waals surface area contributed by atoms with E-state index in [1.807, 2.05) is 19.1 Å². The van der Waals surface area contributed by atoms with Crippen molar-refractivity contribution in [1.82, 2.24) is 0 Å². The first kappa shape index (κ1) is 10.5. The maximum atomic E-state index is 11.8. The highest BCUT2D eigenvalue weighted by Crippen LogP contribution is 2.32. The summed E-state index contributed by atoms with van der Waals surface area (Å²) in [6.07, 6.45) is 1.72. The summed E-state index contributed by atoms with van der Waals surface area (Å²) in [5.41, 5.74) is 1.59. The number of nitrogens with zero attached hydrogens (tertiary/aromatic N) is 1. The number of halogens is 2. The van der Waals surface area contributed by atoms with Crippen LogP contribution in [0.5, 0.6) is 0 Å². The number of hydrogen-bond donors (Lipinski definition) is 0. The molecule has 1 atom stereocenters. The molecule has 1 aliphatic rings. The molecule has 14 heavy (non-hydrogen) atoms. The van der Waals surface area contributed by atoms with Gasteiger partial charge in [0, 0.05) is 18.9 Å². The minimum absolute atomic E-state index is 0.0866. The lowest BCUT2D eigenvalue weighted by Gasteiger charge is -2.15. The molecule has 4 heteroatoms. The zero-order chi connectivity index (χ0) is 10.3. The van der Waals surface area contributed by atoms with Crippen LogP contribution >= 0.6 is 45.2 Å². The summed E-state index contributed by atoms with van der Waals surface area (Å²) in [6.45, 7) is 1.88. The van der Waals surface area contributed by atoms with Gasteiger partial charge in [0.2, 0.25) is 0 Å². The molecule has 0 spiro atoms. The first-order valence-electron chi connectivity index (χ1n) is 4.17. The lowest BCUT2D eigenvalue weighted by molar-refractivity contribution is 0.0962. The van der Waals surface area contributed by atoms with Crippen LogP contribution in [0, 0.1) is 13.1 Å². The standard InChI is InChI=1S/C10H7I2NO/c1-5-4-13-9-7(10(5)14)2-6(11)3-8(9)12/h2-5H,1H3. The molecule has 0 saturated carbocycles. The maximum absolute atomic E-state index is 11.8. The molecule has 1 aromatic carbocycles. The topological polar surface area (TPSA) is 29.4 Å². The van der Waals surface area contributed by atoms with E-state index in [9.17, 15) is 4.79 Å². The predicted molar refractivity (Wildman–Crippen MR) is 73.5 cm³/mol. The van der Waals surface area contributed by atoms with E-state index in [-0.39, 0.29) is 11.7 Å². The minimum Gasteiger partial charge on any atom is -0.293 e. The fraction of sp³-hybridized carbons (Fsp3) is 0.200. The van der Waals surface area contributed by atoms with Crippen LogP contribution in [-0.4, -0.2) is 12.0 Å². The Morgan fingerprint density at radius 1 is 1.36 bits per heavy atom. The smallest absolute Gasteiger partial charge is 0.173 e. The summed E-state index contributed by atoms with van der Waals surface area (Å²) in [5.74, 6) is 0.0860. The van der Waals surface area contributed by atoms with Crippen molar-refractivity contribution in [2.24, 2.45) is 10.9 Å². The molecule has 0 N–H and O–H groups in total. The van der Waals surface area contributed by atoms with Crippen LogP contribution in [0.15, 0.2) is 17.1 Å². The molecule has 1 heterocycles. The number of carbonyl (C=O) groups excluding carboxylic acids is 1. The number of hydrogen-bond acceptors (Lipinski definition) is 2. The molecule has 0 aromatic heterocycles. The van der Waals surface area contributed by atoms with Crippen molar-refractivity contribution in [3.05, 3.63) is 24.8 Å². The lowest BCUT2D eigenvalue weighted by atomic mass is 9.96. The van der Waals surface area contributed by atoms with Crippen LogP contribution in [-0.2, 0) is 0 Å². The number of aliphatic imine (C=N–C) groups is 1. The average molecular weight is 411 g/mol. The quantitative estimate of drug-likeness (QED) is 0.602. The second-order valence-electron chi connectivity index (χ2n) is 3.21. The van der Waals surface area contributed by atoms with Crippen LogP contribution in [0.1, 0.15) is 17.3 Å². The Balaban J connectivity index is 2.68. The van der Waals surface area contributed by atoms with Gasteiger partial charge in [0.15, 0.2) is 5.78 Å². The summed E-state index contributed by atoms with van der Waals surface area (Å²) in [7, 11) is 0. The SMILES string of the molecule is CC1C=Nc2c(I)cc(I)cc2C1=O. The zero-order valence-corrected chi connectivity index (χ0v) is 11.7. The van der Waals surface area contributed by atoms with Gasteiger partial charge in [-0.05, 0) is 57.3 Å². The number of carbonyl (C=O) groups is 1. The van der Waals surface area contributed by atoms with Crippen molar-refractivity contribution in [2.75, 3.05) is 0 Å². The highest BCUT2D eigenvalue weighted by molar-refractivity contribution is 14.1. The Kier molecular flexibility index (Phi) is 2.92. The number of ketones is 1. The summed E-state index contributed by atoms with van der Waals surface area (Å²) in [4.78, 5) is 16.1. The molecule has 0 bridgehead atoms. The van der Waals surface area contributed by atoms with Crippen LogP contribution in [0.25, 0.3) is 0 Å². The summed E-state index contributed by atoms with van der Waals surface area (Å²) >= 11 is 4.43. The van der Waals surface area contributed by atoms with Crippen molar-refractivity contribution in [2.45, 2.75) is 6.92 Å². The monoisotopic (exact) mass is 411 g/mol. The third kappa shape index (κ3) is 1.73. The molecule has 0 amide bonds. The molecule has 2 nitrogen and oxygen atoms in total. The molecule has 0 aliphatic carbocycles. The van der Waals surface area contributed by atoms with Gasteiger partial charge in [-0.2, -0.15) is 0 Å². The summed E-state index contributed by atoms with van der Waals surface area (Å²) < 4.78 is 2.13. The van der Waals surface area contributed by atoms with E-state index in [0.29, 0.717) is 0 Å². The van der Waals surface area contributed by atoms with E-state index in [1.54, 1.807) is 6.21 Å². The van der Waals surface area contributed by atoms with Gasteiger partial charge in [-0.15, -0.1) is 0 Å². The van der Waals surface area contributed by atoms with Crippen molar-refractivity contribution in [1.29, 1.82) is 0 Å². The van der Waals surface area contributed by atoms with Gasteiger partial charge >= 0.3 is 0 Å². The molecular formula is C10H7I2NO. The predicted octanol–water partition coefficient (Wildman–Crippen LogP) is 3.43. The van der Waals surface area contributed by atoms with Crippen LogP contribution in [0.4, 0.5) is 5.69 Å². The van der Waals surface area contributed by atoms with Gasteiger partial charge in [-0.3, -0.25) is 9.79 Å². The van der Waals surface area contributed by atoms with E-state index in [4.69, 9.17) is 0 Å². The fourth-order valence-corrected chi connectivity index (χ4v) is 3.37. The molecule has 0 radical (unpaired) electrons. The van der Waals surface area contributed by atoms with Gasteiger partial charge in [-0.25, -0.2) is 0 Å². The highest BCUT2D eigenvalue weighted by Gasteiger charge is 2.22. The van der Waals surface area contributed by atoms with Gasteiger partial charge in [0.05, 0.1) is 11.6 Å². The normalized spacial score (nSPS) is 19.6. The molecule has 2 rings (SSSR count). The van der Waals surface area contributed by atoms with Gasteiger partial charge in [0.1, 0.15) is 0 Å². The van der Waals surface area contributed by atoms with E-state index < -0.39 is 0 Å². The number of Topliss-reactive ketones (excluding diaryl/α,β-unsaturated/α-hetero) is 1. The molecule has 1 unspecified atom stereocenters. The Hall–Kier alpha value is 0.0200.